The van der Waals surface area contributed by atoms with Gasteiger partial charge in [-0.3, -0.25) is 0 Å². The monoisotopic (exact) mass is 617 g/mol. The molecule has 0 fully saturated rings. The summed E-state index contributed by atoms with van der Waals surface area (Å²) >= 11 is 0. The first-order chi connectivity index (χ1) is 23.8. The summed E-state index contributed by atoms with van der Waals surface area (Å²) in [5, 5.41) is 14.5. The highest BCUT2D eigenvalue weighted by atomic mass is 15.1. The zero-order valence-electron chi connectivity index (χ0n) is 26.9. The molecule has 0 N–H and O–H groups in total. The minimum absolute atomic E-state index is 0.671. The molecule has 3 nitrogen and oxygen atoms in total. The molecule has 230 valence electrons. The van der Waals surface area contributed by atoms with E-state index in [0.29, 0.717) is 5.56 Å². The average molecular weight is 618 g/mol. The number of nitriles is 1. The molecule has 0 aromatic heterocycles. The Morgan fingerprint density at radius 3 is 1.46 bits per heavy atom. The maximum absolute atomic E-state index is 9.63. The molecule has 7 aromatic rings. The van der Waals surface area contributed by atoms with Crippen molar-refractivity contribution in [1.29, 1.82) is 5.26 Å². The van der Waals surface area contributed by atoms with Gasteiger partial charge in [-0.15, -0.1) is 0 Å². The van der Waals surface area contributed by atoms with Gasteiger partial charge < -0.3 is 9.80 Å². The number of para-hydroxylation sites is 2. The van der Waals surface area contributed by atoms with Crippen LogP contribution >= 0.6 is 0 Å². The molecule has 3 heteroatoms. The summed E-state index contributed by atoms with van der Waals surface area (Å²) in [5.41, 5.74) is 13.3. The van der Waals surface area contributed by atoms with Gasteiger partial charge in [0, 0.05) is 35.8 Å². The van der Waals surface area contributed by atoms with Crippen molar-refractivity contribution in [3.8, 4) is 28.3 Å². The Balaban J connectivity index is 1.35. The van der Waals surface area contributed by atoms with Crippen molar-refractivity contribution in [1.82, 2.24) is 0 Å². The molecule has 2 aliphatic heterocycles. The van der Waals surface area contributed by atoms with Crippen LogP contribution in [0, 0.1) is 11.3 Å². The Kier molecular flexibility index (Phi) is 6.94. The highest BCUT2D eigenvalue weighted by Crippen LogP contribution is 2.47. The fourth-order valence-corrected chi connectivity index (χ4v) is 8.08. The molecular formula is C45H35N3. The maximum Gasteiger partial charge on any atom is 0.0991 e. The number of benzene rings is 7. The molecule has 0 saturated carbocycles. The van der Waals surface area contributed by atoms with Crippen LogP contribution in [0.15, 0.2) is 140 Å². The second kappa shape index (κ2) is 11.7. The third-order valence-corrected chi connectivity index (χ3v) is 10.3. The van der Waals surface area contributed by atoms with E-state index < -0.39 is 0 Å². The van der Waals surface area contributed by atoms with Gasteiger partial charge in [-0.05, 0) is 129 Å². The van der Waals surface area contributed by atoms with Crippen molar-refractivity contribution in [2.24, 2.45) is 0 Å². The Morgan fingerprint density at radius 2 is 0.938 bits per heavy atom. The highest BCUT2D eigenvalue weighted by Gasteiger charge is 2.23. The molecule has 0 bridgehead atoms. The molecule has 2 aliphatic rings. The number of fused-ring (bicyclic) bond motifs is 4. The molecule has 0 unspecified atom stereocenters. The van der Waals surface area contributed by atoms with E-state index in [9.17, 15) is 5.26 Å². The zero-order chi connectivity index (χ0) is 32.0. The van der Waals surface area contributed by atoms with Crippen molar-refractivity contribution in [2.45, 2.75) is 25.7 Å². The van der Waals surface area contributed by atoms with E-state index in [1.165, 1.54) is 72.1 Å². The SMILES string of the molecule is N#Cc1ccc(-c2c3ccc(N4CCCc5ccccc54)cc3c(-c3ccccc3)c3ccc(N4CCCc5ccccc54)cc23)cc1. The molecule has 0 saturated heterocycles. The van der Waals surface area contributed by atoms with Gasteiger partial charge >= 0.3 is 0 Å². The van der Waals surface area contributed by atoms with E-state index in [2.05, 4.69) is 143 Å². The molecule has 0 atom stereocenters. The van der Waals surface area contributed by atoms with E-state index >= 15 is 0 Å². The average Bonchev–Trinajstić information content (AvgIpc) is 3.16. The summed E-state index contributed by atoms with van der Waals surface area (Å²) in [4.78, 5) is 4.99. The van der Waals surface area contributed by atoms with E-state index in [-0.39, 0.29) is 0 Å². The van der Waals surface area contributed by atoms with E-state index in [1.807, 2.05) is 12.1 Å². The maximum atomic E-state index is 9.63. The van der Waals surface area contributed by atoms with Gasteiger partial charge in [0.15, 0.2) is 0 Å². The smallest absolute Gasteiger partial charge is 0.0991 e. The van der Waals surface area contributed by atoms with E-state index in [0.717, 1.165) is 44.3 Å². The lowest BCUT2D eigenvalue weighted by Gasteiger charge is -2.32. The first-order valence-corrected chi connectivity index (χ1v) is 17.1. The fourth-order valence-electron chi connectivity index (χ4n) is 8.08. The van der Waals surface area contributed by atoms with Gasteiger partial charge in [-0.2, -0.15) is 5.26 Å². The van der Waals surface area contributed by atoms with Crippen LogP contribution in [0.3, 0.4) is 0 Å². The molecular weight excluding hydrogens is 583 g/mol. The van der Waals surface area contributed by atoms with Crippen molar-refractivity contribution >= 4 is 44.3 Å². The zero-order valence-corrected chi connectivity index (χ0v) is 26.9. The molecule has 0 spiro atoms. The standard InChI is InChI=1S/C45H35N3/c46-30-31-18-20-35(21-19-31)45-39-25-23-36(47-26-8-14-32-10-4-6-16-42(32)47)28-40(39)44(34-12-2-1-3-13-34)38-24-22-37(29-41(38)45)48-27-9-15-33-11-5-7-17-43(33)48/h1-7,10-13,16-25,28-29H,8-9,14-15,26-27H2. The summed E-state index contributed by atoms with van der Waals surface area (Å²) in [6, 6.07) is 53.1. The summed E-state index contributed by atoms with van der Waals surface area (Å²) < 4.78 is 0. The van der Waals surface area contributed by atoms with Crippen molar-refractivity contribution in [3.05, 3.63) is 156 Å². The Labute approximate surface area is 281 Å². The van der Waals surface area contributed by atoms with Crippen LogP contribution in [0.5, 0.6) is 0 Å². The number of hydrogen-bond acceptors (Lipinski definition) is 3. The molecule has 48 heavy (non-hydrogen) atoms. The molecule has 2 heterocycles. The fraction of sp³-hybridized carbons (Fsp3) is 0.133. The number of nitrogens with zero attached hydrogens (tertiary/aromatic N) is 3. The first kappa shape index (κ1) is 28.4. The summed E-state index contributed by atoms with van der Waals surface area (Å²) in [6.07, 6.45) is 4.50. The van der Waals surface area contributed by atoms with Gasteiger partial charge in [-0.1, -0.05) is 91.0 Å². The quantitative estimate of drug-likeness (QED) is 0.184. The van der Waals surface area contributed by atoms with Gasteiger partial charge in [0.2, 0.25) is 0 Å². The highest BCUT2D eigenvalue weighted by molar-refractivity contribution is 6.22. The molecule has 7 aromatic carbocycles. The van der Waals surface area contributed by atoms with Gasteiger partial charge in [-0.25, -0.2) is 0 Å². The summed E-state index contributed by atoms with van der Waals surface area (Å²) in [7, 11) is 0. The topological polar surface area (TPSA) is 30.3 Å². The largest absolute Gasteiger partial charge is 0.341 e. The van der Waals surface area contributed by atoms with Gasteiger partial charge in [0.05, 0.1) is 11.6 Å². The van der Waals surface area contributed by atoms with Crippen LogP contribution < -0.4 is 9.80 Å². The van der Waals surface area contributed by atoms with Gasteiger partial charge in [0.25, 0.3) is 0 Å². The molecule has 9 rings (SSSR count). The third kappa shape index (κ3) is 4.72. The number of hydrogen-bond donors (Lipinski definition) is 0. The summed E-state index contributed by atoms with van der Waals surface area (Å²) in [5.74, 6) is 0. The van der Waals surface area contributed by atoms with Crippen molar-refractivity contribution < 1.29 is 0 Å². The van der Waals surface area contributed by atoms with Crippen LogP contribution in [0.25, 0.3) is 43.8 Å². The second-order valence-electron chi connectivity index (χ2n) is 13.0. The second-order valence-corrected chi connectivity index (χ2v) is 13.0. The normalized spacial score (nSPS) is 14.1. The van der Waals surface area contributed by atoms with Crippen LogP contribution in [0.1, 0.15) is 29.5 Å². The first-order valence-electron chi connectivity index (χ1n) is 17.1. The van der Waals surface area contributed by atoms with Crippen LogP contribution in [0.2, 0.25) is 0 Å². The van der Waals surface area contributed by atoms with Gasteiger partial charge in [0.1, 0.15) is 0 Å². The van der Waals surface area contributed by atoms with E-state index in [1.54, 1.807) is 0 Å². The van der Waals surface area contributed by atoms with Crippen LogP contribution in [0.4, 0.5) is 22.7 Å². The Bertz CT molecular complexity index is 2370. The van der Waals surface area contributed by atoms with Crippen molar-refractivity contribution in [2.75, 3.05) is 22.9 Å². The lowest BCUT2D eigenvalue weighted by atomic mass is 9.85. The Morgan fingerprint density at radius 1 is 0.458 bits per heavy atom. The lowest BCUT2D eigenvalue weighted by molar-refractivity contribution is 0.767. The van der Waals surface area contributed by atoms with Crippen LogP contribution in [-0.2, 0) is 12.8 Å². The third-order valence-electron chi connectivity index (χ3n) is 10.3. The summed E-state index contributed by atoms with van der Waals surface area (Å²) in [6.45, 7) is 1.99. The predicted molar refractivity (Wildman–Crippen MR) is 201 cm³/mol. The number of anilines is 4. The van der Waals surface area contributed by atoms with Crippen LogP contribution in [-0.4, -0.2) is 13.1 Å². The van der Waals surface area contributed by atoms with Crippen molar-refractivity contribution in [3.63, 3.8) is 0 Å². The predicted octanol–water partition coefficient (Wildman–Crippen LogP) is 11.4. The number of rotatable bonds is 4. The molecule has 0 amide bonds. The lowest BCUT2D eigenvalue weighted by Crippen LogP contribution is -2.24. The minimum Gasteiger partial charge on any atom is -0.341 e. The minimum atomic E-state index is 0.671. The van der Waals surface area contributed by atoms with E-state index in [4.69, 9.17) is 0 Å². The molecule has 0 radical (unpaired) electrons. The molecule has 0 aliphatic carbocycles. The Hall–Kier alpha value is -5.85. The number of aryl methyl sites for hydroxylation is 2.